The molecule has 0 spiro atoms. The number of aromatic nitrogens is 4. The van der Waals surface area contributed by atoms with Crippen molar-refractivity contribution in [1.82, 2.24) is 19.7 Å². The number of carbonyl (C=O) groups is 1. The molecule has 2 heterocycles. The molecule has 0 fully saturated rings. The molecule has 0 aliphatic heterocycles. The van der Waals surface area contributed by atoms with Gasteiger partial charge in [-0.25, -0.2) is 0 Å². The maximum atomic E-state index is 12.7. The van der Waals surface area contributed by atoms with E-state index in [4.69, 9.17) is 0 Å². The molecular formula is C21H17N5O. The van der Waals surface area contributed by atoms with Crippen molar-refractivity contribution in [3.05, 3.63) is 84.8 Å². The summed E-state index contributed by atoms with van der Waals surface area (Å²) in [6.07, 6.45) is 3.29. The number of anilines is 1. The van der Waals surface area contributed by atoms with Crippen molar-refractivity contribution < 1.29 is 4.79 Å². The van der Waals surface area contributed by atoms with E-state index in [2.05, 4.69) is 20.5 Å². The fourth-order valence-corrected chi connectivity index (χ4v) is 2.82. The molecule has 0 atom stereocenters. The molecule has 2 aromatic carbocycles. The van der Waals surface area contributed by atoms with Crippen LogP contribution < -0.4 is 5.32 Å². The van der Waals surface area contributed by atoms with Crippen LogP contribution in [-0.4, -0.2) is 25.7 Å². The molecule has 2 aromatic heterocycles. The maximum Gasteiger partial charge on any atom is 0.255 e. The number of benzene rings is 2. The van der Waals surface area contributed by atoms with Crippen LogP contribution in [0.5, 0.6) is 0 Å². The second-order valence-corrected chi connectivity index (χ2v) is 6.10. The highest BCUT2D eigenvalue weighted by Crippen LogP contribution is 2.21. The molecule has 1 N–H and O–H groups in total. The van der Waals surface area contributed by atoms with Crippen molar-refractivity contribution >= 4 is 11.6 Å². The summed E-state index contributed by atoms with van der Waals surface area (Å²) in [6.45, 7) is 0. The monoisotopic (exact) mass is 355 g/mol. The zero-order valence-corrected chi connectivity index (χ0v) is 14.7. The van der Waals surface area contributed by atoms with Crippen LogP contribution in [0.3, 0.4) is 0 Å². The molecule has 6 heteroatoms. The zero-order chi connectivity index (χ0) is 18.6. The maximum absolute atomic E-state index is 12.7. The van der Waals surface area contributed by atoms with Gasteiger partial charge < -0.3 is 9.88 Å². The molecular weight excluding hydrogens is 338 g/mol. The lowest BCUT2D eigenvalue weighted by Crippen LogP contribution is -2.12. The molecule has 0 saturated heterocycles. The first-order chi connectivity index (χ1) is 13.2. The predicted octanol–water partition coefficient (Wildman–Crippen LogP) is 3.80. The van der Waals surface area contributed by atoms with Gasteiger partial charge in [-0.2, -0.15) is 0 Å². The summed E-state index contributed by atoms with van der Waals surface area (Å²) in [6, 6.07) is 20.8. The second-order valence-electron chi connectivity index (χ2n) is 6.10. The fourth-order valence-electron chi connectivity index (χ4n) is 2.82. The lowest BCUT2D eigenvalue weighted by Gasteiger charge is -2.08. The van der Waals surface area contributed by atoms with Crippen LogP contribution in [0, 0.1) is 0 Å². The molecule has 0 bridgehead atoms. The highest BCUT2D eigenvalue weighted by molar-refractivity contribution is 6.05. The summed E-state index contributed by atoms with van der Waals surface area (Å²) in [5.41, 5.74) is 3.85. The van der Waals surface area contributed by atoms with E-state index in [9.17, 15) is 4.79 Å². The predicted molar refractivity (Wildman–Crippen MR) is 104 cm³/mol. The van der Waals surface area contributed by atoms with E-state index in [0.717, 1.165) is 22.6 Å². The van der Waals surface area contributed by atoms with Gasteiger partial charge in [-0.05, 0) is 24.3 Å². The molecule has 0 unspecified atom stereocenters. The first-order valence-electron chi connectivity index (χ1n) is 8.48. The third-order valence-corrected chi connectivity index (χ3v) is 4.18. The van der Waals surface area contributed by atoms with Crippen LogP contribution in [0.4, 0.5) is 5.69 Å². The van der Waals surface area contributed by atoms with Crippen LogP contribution in [0.15, 0.2) is 79.3 Å². The minimum absolute atomic E-state index is 0.190. The van der Waals surface area contributed by atoms with Crippen molar-refractivity contribution in [2.45, 2.75) is 0 Å². The summed E-state index contributed by atoms with van der Waals surface area (Å²) < 4.78 is 1.83. The Morgan fingerprint density at radius 1 is 0.963 bits per heavy atom. The number of amides is 1. The lowest BCUT2D eigenvalue weighted by atomic mass is 10.1. The van der Waals surface area contributed by atoms with Gasteiger partial charge in [-0.15, -0.1) is 10.2 Å². The summed E-state index contributed by atoms with van der Waals surface area (Å²) in [4.78, 5) is 17.0. The van der Waals surface area contributed by atoms with E-state index in [0.29, 0.717) is 11.3 Å². The smallest absolute Gasteiger partial charge is 0.255 e. The number of carbonyl (C=O) groups excluding carboxylic acids is 1. The molecule has 0 saturated carbocycles. The zero-order valence-electron chi connectivity index (χ0n) is 14.7. The summed E-state index contributed by atoms with van der Waals surface area (Å²) in [5, 5.41) is 10.9. The van der Waals surface area contributed by atoms with E-state index in [1.165, 1.54) is 0 Å². The highest BCUT2D eigenvalue weighted by Gasteiger charge is 2.10. The van der Waals surface area contributed by atoms with Crippen molar-refractivity contribution in [2.24, 2.45) is 7.05 Å². The number of nitrogens with one attached hydrogen (secondary N) is 1. The number of pyridine rings is 1. The average molecular weight is 355 g/mol. The Hall–Kier alpha value is -3.80. The van der Waals surface area contributed by atoms with Gasteiger partial charge in [-0.3, -0.25) is 9.78 Å². The van der Waals surface area contributed by atoms with Crippen LogP contribution in [0.2, 0.25) is 0 Å². The van der Waals surface area contributed by atoms with E-state index in [1.807, 2.05) is 66.2 Å². The Bertz CT molecular complexity index is 1090. The summed E-state index contributed by atoms with van der Waals surface area (Å²) in [5.74, 6) is 0.547. The second kappa shape index (κ2) is 7.21. The normalized spacial score (nSPS) is 10.6. The standard InChI is InChI=1S/C21H17N5O/c1-26-14-23-25-20(26)16-8-5-9-18(12-16)24-21(27)17-10-11-22-19(13-17)15-6-3-2-4-7-15/h2-14H,1H3,(H,24,27). The van der Waals surface area contributed by atoms with Gasteiger partial charge in [0, 0.05) is 35.6 Å². The van der Waals surface area contributed by atoms with Crippen molar-refractivity contribution in [3.63, 3.8) is 0 Å². The van der Waals surface area contributed by atoms with Gasteiger partial charge in [0.2, 0.25) is 0 Å². The topological polar surface area (TPSA) is 72.7 Å². The van der Waals surface area contributed by atoms with Gasteiger partial charge >= 0.3 is 0 Å². The van der Waals surface area contributed by atoms with Crippen molar-refractivity contribution in [2.75, 3.05) is 5.32 Å². The van der Waals surface area contributed by atoms with Crippen LogP contribution >= 0.6 is 0 Å². The molecule has 0 aliphatic carbocycles. The van der Waals surface area contributed by atoms with Crippen LogP contribution in [0.1, 0.15) is 10.4 Å². The molecule has 0 aliphatic rings. The Balaban J connectivity index is 1.57. The van der Waals surface area contributed by atoms with Gasteiger partial charge in [0.1, 0.15) is 6.33 Å². The molecule has 4 rings (SSSR count). The number of nitrogens with zero attached hydrogens (tertiary/aromatic N) is 4. The lowest BCUT2D eigenvalue weighted by molar-refractivity contribution is 0.102. The quantitative estimate of drug-likeness (QED) is 0.604. The summed E-state index contributed by atoms with van der Waals surface area (Å²) in [7, 11) is 1.88. The largest absolute Gasteiger partial charge is 0.322 e. The molecule has 0 radical (unpaired) electrons. The molecule has 132 valence electrons. The number of hydrogen-bond acceptors (Lipinski definition) is 4. The SMILES string of the molecule is Cn1cnnc1-c1cccc(NC(=O)c2ccnc(-c3ccccc3)c2)c1. The molecule has 1 amide bonds. The minimum atomic E-state index is -0.190. The van der Waals surface area contributed by atoms with Crippen LogP contribution in [0.25, 0.3) is 22.6 Å². The molecule has 4 aromatic rings. The van der Waals surface area contributed by atoms with Gasteiger partial charge in [0.25, 0.3) is 5.91 Å². The first-order valence-corrected chi connectivity index (χ1v) is 8.48. The fraction of sp³-hybridized carbons (Fsp3) is 0.0476. The summed E-state index contributed by atoms with van der Waals surface area (Å²) >= 11 is 0. The van der Waals surface area contributed by atoms with E-state index < -0.39 is 0 Å². The first kappa shape index (κ1) is 16.7. The Labute approximate surface area is 156 Å². The van der Waals surface area contributed by atoms with Gasteiger partial charge in [0.05, 0.1) is 5.69 Å². The molecule has 27 heavy (non-hydrogen) atoms. The van der Waals surface area contributed by atoms with Crippen molar-refractivity contribution in [1.29, 1.82) is 0 Å². The average Bonchev–Trinajstić information content (AvgIpc) is 3.15. The van der Waals surface area contributed by atoms with Gasteiger partial charge in [-0.1, -0.05) is 42.5 Å². The minimum Gasteiger partial charge on any atom is -0.322 e. The third-order valence-electron chi connectivity index (χ3n) is 4.18. The molecule has 6 nitrogen and oxygen atoms in total. The van der Waals surface area contributed by atoms with E-state index in [-0.39, 0.29) is 5.91 Å². The van der Waals surface area contributed by atoms with Gasteiger partial charge in [0.15, 0.2) is 5.82 Å². The number of aryl methyl sites for hydroxylation is 1. The Kier molecular flexibility index (Phi) is 4.45. The Morgan fingerprint density at radius 3 is 2.56 bits per heavy atom. The number of rotatable bonds is 4. The van der Waals surface area contributed by atoms with E-state index >= 15 is 0 Å². The van der Waals surface area contributed by atoms with Crippen LogP contribution in [-0.2, 0) is 7.05 Å². The van der Waals surface area contributed by atoms with Crippen molar-refractivity contribution in [3.8, 4) is 22.6 Å². The Morgan fingerprint density at radius 2 is 1.78 bits per heavy atom. The number of hydrogen-bond donors (Lipinski definition) is 1. The third kappa shape index (κ3) is 3.59. The highest BCUT2D eigenvalue weighted by atomic mass is 16.1. The van der Waals surface area contributed by atoms with E-state index in [1.54, 1.807) is 24.7 Å².